The normalized spacial score (nSPS) is 13.9. The Bertz CT molecular complexity index is 764. The third-order valence-corrected chi connectivity index (χ3v) is 3.88. The van der Waals surface area contributed by atoms with E-state index in [4.69, 9.17) is 5.73 Å². The number of hydrogen-bond acceptors (Lipinski definition) is 3. The molecule has 2 heterocycles. The third-order valence-electron chi connectivity index (χ3n) is 3.88. The lowest BCUT2D eigenvalue weighted by Crippen LogP contribution is -2.36. The second-order valence-corrected chi connectivity index (χ2v) is 5.27. The van der Waals surface area contributed by atoms with Crippen molar-refractivity contribution >= 4 is 17.3 Å². The fourth-order valence-electron chi connectivity index (χ4n) is 2.70. The quantitative estimate of drug-likeness (QED) is 0.808. The molecule has 0 atom stereocenters. The Morgan fingerprint density at radius 3 is 2.86 bits per heavy atom. The van der Waals surface area contributed by atoms with Crippen LogP contribution in [0.25, 0.3) is 0 Å². The lowest BCUT2D eigenvalue weighted by molar-refractivity contribution is 0.0985. The summed E-state index contributed by atoms with van der Waals surface area (Å²) in [6.07, 6.45) is 3.36. The number of aryl methyl sites for hydroxylation is 1. The Balaban J connectivity index is 2.02. The number of nitrogens with two attached hydrogens (primary N) is 1. The van der Waals surface area contributed by atoms with Crippen LogP contribution in [0.1, 0.15) is 22.3 Å². The molecular weight excluding hydrogens is 266 g/mol. The molecule has 21 heavy (non-hydrogen) atoms. The van der Waals surface area contributed by atoms with E-state index in [1.54, 1.807) is 24.2 Å². The van der Waals surface area contributed by atoms with Crippen LogP contribution in [-0.4, -0.2) is 17.0 Å². The molecule has 5 heteroatoms. The summed E-state index contributed by atoms with van der Waals surface area (Å²) < 4.78 is 1.44. The van der Waals surface area contributed by atoms with Gasteiger partial charge in [-0.25, -0.2) is 0 Å². The van der Waals surface area contributed by atoms with Gasteiger partial charge in [-0.1, -0.05) is 6.07 Å². The van der Waals surface area contributed by atoms with Gasteiger partial charge >= 0.3 is 0 Å². The third kappa shape index (κ3) is 2.31. The molecular formula is C16H17N3O2. The van der Waals surface area contributed by atoms with Gasteiger partial charge in [-0.2, -0.15) is 0 Å². The first kappa shape index (κ1) is 13.4. The number of hydrogen-bond donors (Lipinski definition) is 1. The van der Waals surface area contributed by atoms with Crippen LogP contribution in [0, 0.1) is 0 Å². The lowest BCUT2D eigenvalue weighted by atomic mass is 9.99. The van der Waals surface area contributed by atoms with Gasteiger partial charge in [0.2, 0.25) is 0 Å². The first-order valence-corrected chi connectivity index (χ1v) is 6.94. The number of amides is 1. The zero-order valence-corrected chi connectivity index (χ0v) is 11.9. The molecule has 0 radical (unpaired) electrons. The van der Waals surface area contributed by atoms with Crippen molar-refractivity contribution in [1.29, 1.82) is 0 Å². The molecule has 108 valence electrons. The van der Waals surface area contributed by atoms with E-state index in [0.29, 0.717) is 17.8 Å². The van der Waals surface area contributed by atoms with E-state index in [9.17, 15) is 9.59 Å². The monoisotopic (exact) mass is 283 g/mol. The van der Waals surface area contributed by atoms with E-state index in [1.807, 2.05) is 18.2 Å². The summed E-state index contributed by atoms with van der Waals surface area (Å²) in [7, 11) is 1.66. The standard InChI is InChI=1S/C16H17N3O2/c1-18-9-7-11(10-15(18)20)16(21)19-8-3-4-12-13(17)5-2-6-14(12)19/h2,5-7,9-10H,3-4,8,17H2,1H3. The molecule has 1 aliphatic heterocycles. The summed E-state index contributed by atoms with van der Waals surface area (Å²) in [5.74, 6) is -0.153. The van der Waals surface area contributed by atoms with E-state index in [-0.39, 0.29) is 11.5 Å². The van der Waals surface area contributed by atoms with Crippen LogP contribution in [0.15, 0.2) is 41.3 Å². The Labute approximate surface area is 122 Å². The summed E-state index contributed by atoms with van der Waals surface area (Å²) in [6, 6.07) is 8.66. The number of fused-ring (bicyclic) bond motifs is 1. The van der Waals surface area contributed by atoms with Gasteiger partial charge in [0.25, 0.3) is 11.5 Å². The van der Waals surface area contributed by atoms with Crippen LogP contribution < -0.4 is 16.2 Å². The molecule has 1 aromatic heterocycles. The average molecular weight is 283 g/mol. The Hall–Kier alpha value is -2.56. The minimum absolute atomic E-state index is 0.153. The highest BCUT2D eigenvalue weighted by molar-refractivity contribution is 6.07. The van der Waals surface area contributed by atoms with Crippen molar-refractivity contribution in [1.82, 2.24) is 4.57 Å². The van der Waals surface area contributed by atoms with Crippen LogP contribution in [0.5, 0.6) is 0 Å². The molecule has 0 bridgehead atoms. The number of carbonyl (C=O) groups is 1. The maximum Gasteiger partial charge on any atom is 0.258 e. The summed E-state index contributed by atoms with van der Waals surface area (Å²) in [5.41, 5.74) is 8.80. The number of anilines is 2. The molecule has 1 amide bonds. The Morgan fingerprint density at radius 1 is 1.29 bits per heavy atom. The smallest absolute Gasteiger partial charge is 0.258 e. The molecule has 0 saturated carbocycles. The highest BCUT2D eigenvalue weighted by atomic mass is 16.2. The maximum absolute atomic E-state index is 12.7. The summed E-state index contributed by atoms with van der Waals surface area (Å²) >= 11 is 0. The van der Waals surface area contributed by atoms with E-state index < -0.39 is 0 Å². The van der Waals surface area contributed by atoms with Crippen molar-refractivity contribution in [3.63, 3.8) is 0 Å². The minimum Gasteiger partial charge on any atom is -0.398 e. The molecule has 0 spiro atoms. The molecule has 3 rings (SSSR count). The topological polar surface area (TPSA) is 68.3 Å². The second kappa shape index (κ2) is 5.09. The van der Waals surface area contributed by atoms with Crippen LogP contribution in [0.3, 0.4) is 0 Å². The lowest BCUT2D eigenvalue weighted by Gasteiger charge is -2.30. The summed E-state index contributed by atoms with van der Waals surface area (Å²) in [5, 5.41) is 0. The second-order valence-electron chi connectivity index (χ2n) is 5.27. The molecule has 1 aliphatic rings. The molecule has 2 N–H and O–H groups in total. The molecule has 1 aromatic carbocycles. The van der Waals surface area contributed by atoms with E-state index >= 15 is 0 Å². The van der Waals surface area contributed by atoms with E-state index in [0.717, 1.165) is 24.1 Å². The van der Waals surface area contributed by atoms with Gasteiger partial charge in [0.15, 0.2) is 0 Å². The average Bonchev–Trinajstić information content (AvgIpc) is 2.49. The predicted octanol–water partition coefficient (Wildman–Crippen LogP) is 1.56. The van der Waals surface area contributed by atoms with Gasteiger partial charge in [0, 0.05) is 42.8 Å². The van der Waals surface area contributed by atoms with E-state index in [1.165, 1.54) is 10.6 Å². The Kier molecular flexibility index (Phi) is 3.25. The summed E-state index contributed by atoms with van der Waals surface area (Å²) in [6.45, 7) is 0.643. The largest absolute Gasteiger partial charge is 0.398 e. The van der Waals surface area contributed by atoms with Gasteiger partial charge in [-0.3, -0.25) is 9.59 Å². The van der Waals surface area contributed by atoms with Gasteiger partial charge in [0.1, 0.15) is 0 Å². The van der Waals surface area contributed by atoms with Crippen LogP contribution in [-0.2, 0) is 13.5 Å². The Morgan fingerprint density at radius 2 is 2.10 bits per heavy atom. The van der Waals surface area contributed by atoms with Crippen molar-refractivity contribution in [2.75, 3.05) is 17.2 Å². The minimum atomic E-state index is -0.189. The summed E-state index contributed by atoms with van der Waals surface area (Å²) in [4.78, 5) is 26.1. The van der Waals surface area contributed by atoms with Crippen molar-refractivity contribution in [2.24, 2.45) is 7.05 Å². The zero-order valence-electron chi connectivity index (χ0n) is 11.9. The molecule has 0 unspecified atom stereocenters. The first-order valence-electron chi connectivity index (χ1n) is 6.94. The molecule has 0 fully saturated rings. The van der Waals surface area contributed by atoms with E-state index in [2.05, 4.69) is 0 Å². The predicted molar refractivity (Wildman–Crippen MR) is 82.5 cm³/mol. The number of nitrogen functional groups attached to an aromatic ring is 1. The molecule has 5 nitrogen and oxygen atoms in total. The number of carbonyl (C=O) groups excluding carboxylic acids is 1. The van der Waals surface area contributed by atoms with Gasteiger partial charge < -0.3 is 15.2 Å². The fraction of sp³-hybridized carbons (Fsp3) is 0.250. The van der Waals surface area contributed by atoms with Crippen LogP contribution >= 0.6 is 0 Å². The maximum atomic E-state index is 12.7. The van der Waals surface area contributed by atoms with Crippen molar-refractivity contribution in [3.05, 3.63) is 58.0 Å². The number of pyridine rings is 1. The fourth-order valence-corrected chi connectivity index (χ4v) is 2.70. The van der Waals surface area contributed by atoms with Crippen molar-refractivity contribution < 1.29 is 4.79 Å². The zero-order chi connectivity index (χ0) is 15.0. The van der Waals surface area contributed by atoms with Gasteiger partial charge in [-0.15, -0.1) is 0 Å². The number of aromatic nitrogens is 1. The number of benzene rings is 1. The number of rotatable bonds is 1. The van der Waals surface area contributed by atoms with Gasteiger partial charge in [-0.05, 0) is 36.6 Å². The highest BCUT2D eigenvalue weighted by Gasteiger charge is 2.24. The van der Waals surface area contributed by atoms with Crippen LogP contribution in [0.2, 0.25) is 0 Å². The molecule has 2 aromatic rings. The highest BCUT2D eigenvalue weighted by Crippen LogP contribution is 2.32. The number of nitrogens with zero attached hydrogens (tertiary/aromatic N) is 2. The van der Waals surface area contributed by atoms with Gasteiger partial charge in [0.05, 0.1) is 0 Å². The first-order chi connectivity index (χ1) is 10.1. The van der Waals surface area contributed by atoms with Crippen LogP contribution in [0.4, 0.5) is 11.4 Å². The van der Waals surface area contributed by atoms with Crippen molar-refractivity contribution in [2.45, 2.75) is 12.8 Å². The molecule has 0 aliphatic carbocycles. The molecule has 0 saturated heterocycles. The SMILES string of the molecule is Cn1ccc(C(=O)N2CCCc3c(N)cccc32)cc1=O. The van der Waals surface area contributed by atoms with Crippen molar-refractivity contribution in [3.8, 4) is 0 Å².